The first-order chi connectivity index (χ1) is 13.1. The van der Waals surface area contributed by atoms with E-state index in [1.165, 1.54) is 24.3 Å². The molecule has 1 atom stereocenters. The number of aromatic nitrogens is 2. The zero-order chi connectivity index (χ0) is 19.1. The minimum absolute atomic E-state index is 0.126. The Labute approximate surface area is 160 Å². The predicted molar refractivity (Wildman–Crippen MR) is 98.8 cm³/mol. The van der Waals surface area contributed by atoms with E-state index in [9.17, 15) is 9.18 Å². The zero-order valence-corrected chi connectivity index (χ0v) is 15.4. The Morgan fingerprint density at radius 3 is 2.67 bits per heavy atom. The lowest BCUT2D eigenvalue weighted by atomic mass is 10.2. The fourth-order valence-electron chi connectivity index (χ4n) is 2.19. The average molecular weight is 387 g/mol. The molecule has 0 aliphatic carbocycles. The van der Waals surface area contributed by atoms with Gasteiger partial charge in [0.25, 0.3) is 11.1 Å². The van der Waals surface area contributed by atoms with E-state index in [-0.39, 0.29) is 28.6 Å². The zero-order valence-electron chi connectivity index (χ0n) is 14.6. The van der Waals surface area contributed by atoms with Crippen molar-refractivity contribution in [2.45, 2.75) is 24.8 Å². The third kappa shape index (κ3) is 5.82. The highest BCUT2D eigenvalue weighted by Gasteiger charge is 2.17. The molecule has 6 nitrogen and oxygen atoms in total. The second-order valence-corrected chi connectivity index (χ2v) is 6.60. The van der Waals surface area contributed by atoms with Gasteiger partial charge < -0.3 is 14.5 Å². The van der Waals surface area contributed by atoms with E-state index >= 15 is 0 Å². The number of thioether (sulfide) groups is 1. The first-order valence-electron chi connectivity index (χ1n) is 8.29. The molecular weight excluding hydrogens is 369 g/mol. The number of halogens is 1. The maximum absolute atomic E-state index is 12.9. The van der Waals surface area contributed by atoms with Gasteiger partial charge in [-0.05, 0) is 36.8 Å². The van der Waals surface area contributed by atoms with Crippen LogP contribution >= 0.6 is 11.8 Å². The van der Waals surface area contributed by atoms with Crippen LogP contribution in [0.2, 0.25) is 0 Å². The Morgan fingerprint density at radius 1 is 1.19 bits per heavy atom. The van der Waals surface area contributed by atoms with Crippen molar-refractivity contribution in [3.8, 4) is 5.75 Å². The molecule has 2 aromatic carbocycles. The summed E-state index contributed by atoms with van der Waals surface area (Å²) in [7, 11) is 0. The normalized spacial score (nSPS) is 11.8. The van der Waals surface area contributed by atoms with Gasteiger partial charge in [-0.25, -0.2) is 4.39 Å². The lowest BCUT2D eigenvalue weighted by molar-refractivity contribution is -0.118. The van der Waals surface area contributed by atoms with Crippen LogP contribution in [0.1, 0.15) is 24.5 Å². The molecule has 1 aromatic heterocycles. The van der Waals surface area contributed by atoms with Crippen molar-refractivity contribution in [2.24, 2.45) is 0 Å². The molecule has 3 rings (SSSR count). The average Bonchev–Trinajstić information content (AvgIpc) is 3.16. The summed E-state index contributed by atoms with van der Waals surface area (Å²) in [4.78, 5) is 11.9. The number of ether oxygens (including phenoxy) is 1. The maximum atomic E-state index is 12.9. The summed E-state index contributed by atoms with van der Waals surface area (Å²) >= 11 is 1.15. The smallest absolute Gasteiger partial charge is 0.277 e. The number of hydrogen-bond acceptors (Lipinski definition) is 6. The minimum Gasteiger partial charge on any atom is -0.481 e. The molecule has 0 radical (unpaired) electrons. The van der Waals surface area contributed by atoms with Crippen molar-refractivity contribution in [1.29, 1.82) is 0 Å². The van der Waals surface area contributed by atoms with Gasteiger partial charge in [0.15, 0.2) is 6.10 Å². The molecule has 0 aliphatic rings. The molecule has 1 heterocycles. The summed E-state index contributed by atoms with van der Waals surface area (Å²) in [6, 6.07) is 15.3. The Morgan fingerprint density at radius 2 is 1.93 bits per heavy atom. The number of hydrogen-bond donors (Lipinski definition) is 1. The highest BCUT2D eigenvalue weighted by Crippen LogP contribution is 2.24. The molecular formula is C19H18FN3O3S. The molecule has 8 heteroatoms. The lowest BCUT2D eigenvalue weighted by Gasteiger charge is -2.10. The van der Waals surface area contributed by atoms with E-state index in [1.807, 2.05) is 30.3 Å². The second-order valence-electron chi connectivity index (χ2n) is 5.67. The van der Waals surface area contributed by atoms with Crippen LogP contribution in [0.3, 0.4) is 0 Å². The second kappa shape index (κ2) is 9.18. The van der Waals surface area contributed by atoms with Crippen LogP contribution in [0, 0.1) is 5.82 Å². The predicted octanol–water partition coefficient (Wildman–Crippen LogP) is 3.76. The van der Waals surface area contributed by atoms with Crippen LogP contribution in [0.15, 0.2) is 64.2 Å². The third-order valence-electron chi connectivity index (χ3n) is 3.56. The van der Waals surface area contributed by atoms with Crippen molar-refractivity contribution in [3.63, 3.8) is 0 Å². The molecule has 0 unspecified atom stereocenters. The van der Waals surface area contributed by atoms with Crippen LogP contribution in [0.4, 0.5) is 4.39 Å². The first kappa shape index (κ1) is 18.9. The summed E-state index contributed by atoms with van der Waals surface area (Å²) in [5.74, 6) is 0.487. The Kier molecular flexibility index (Phi) is 6.43. The highest BCUT2D eigenvalue weighted by atomic mass is 32.2. The van der Waals surface area contributed by atoms with E-state index in [4.69, 9.17) is 9.15 Å². The van der Waals surface area contributed by atoms with Crippen molar-refractivity contribution >= 4 is 17.7 Å². The Hall–Kier alpha value is -2.87. The summed E-state index contributed by atoms with van der Waals surface area (Å²) in [6.45, 7) is 2.22. The highest BCUT2D eigenvalue weighted by molar-refractivity contribution is 7.99. The topological polar surface area (TPSA) is 77.2 Å². The summed E-state index contributed by atoms with van der Waals surface area (Å²) in [5.41, 5.74) is 1.03. The van der Waals surface area contributed by atoms with Gasteiger partial charge in [-0.2, -0.15) is 0 Å². The Balaban J connectivity index is 1.45. The fourth-order valence-corrected chi connectivity index (χ4v) is 2.79. The summed E-state index contributed by atoms with van der Waals surface area (Å²) in [6.07, 6.45) is -0.496. The first-order valence-corrected chi connectivity index (χ1v) is 9.28. The molecule has 140 valence electrons. The molecule has 0 aliphatic heterocycles. The van der Waals surface area contributed by atoms with Crippen LogP contribution in [-0.2, 0) is 11.3 Å². The van der Waals surface area contributed by atoms with E-state index < -0.39 is 6.10 Å². The summed E-state index contributed by atoms with van der Waals surface area (Å²) in [5, 5.41) is 11.0. The largest absolute Gasteiger partial charge is 0.481 e. The summed E-state index contributed by atoms with van der Waals surface area (Å²) < 4.78 is 24.1. The van der Waals surface area contributed by atoms with Crippen molar-refractivity contribution in [2.75, 3.05) is 5.75 Å². The Bertz CT molecular complexity index is 871. The van der Waals surface area contributed by atoms with E-state index in [2.05, 4.69) is 15.5 Å². The van der Waals surface area contributed by atoms with E-state index in [1.54, 1.807) is 6.92 Å². The van der Waals surface area contributed by atoms with Crippen molar-refractivity contribution in [1.82, 2.24) is 15.5 Å². The van der Waals surface area contributed by atoms with Gasteiger partial charge in [0, 0.05) is 6.54 Å². The quantitative estimate of drug-likeness (QED) is 0.593. The minimum atomic E-state index is -0.496. The number of rotatable bonds is 8. The van der Waals surface area contributed by atoms with Crippen molar-refractivity contribution < 1.29 is 18.3 Å². The van der Waals surface area contributed by atoms with E-state index in [0.717, 1.165) is 17.3 Å². The molecule has 0 saturated carbocycles. The maximum Gasteiger partial charge on any atom is 0.277 e. The monoisotopic (exact) mass is 387 g/mol. The van der Waals surface area contributed by atoms with Crippen LogP contribution in [0.5, 0.6) is 5.75 Å². The molecule has 0 bridgehead atoms. The number of nitrogens with one attached hydrogen (secondary N) is 1. The van der Waals surface area contributed by atoms with Gasteiger partial charge in [-0.3, -0.25) is 4.79 Å². The van der Waals surface area contributed by atoms with Gasteiger partial charge in [0.2, 0.25) is 5.91 Å². The number of amides is 1. The van der Waals surface area contributed by atoms with E-state index in [0.29, 0.717) is 12.3 Å². The molecule has 0 spiro atoms. The molecule has 1 N–H and O–H groups in total. The molecule has 1 amide bonds. The van der Waals surface area contributed by atoms with Gasteiger partial charge in [-0.15, -0.1) is 10.2 Å². The molecule has 0 fully saturated rings. The van der Waals surface area contributed by atoms with Crippen LogP contribution in [0.25, 0.3) is 0 Å². The number of benzene rings is 2. The third-order valence-corrected chi connectivity index (χ3v) is 4.37. The fraction of sp³-hybridized carbons (Fsp3) is 0.211. The molecule has 0 saturated heterocycles. The van der Waals surface area contributed by atoms with Gasteiger partial charge in [-0.1, -0.05) is 42.1 Å². The standard InChI is InChI=1S/C19H18FN3O3S/c1-13(25-16-9-7-15(20)8-10-16)18-22-23-19(26-18)27-12-17(24)21-11-14-5-3-2-4-6-14/h2-10,13H,11-12H2,1H3,(H,21,24)/t13-/m0/s1. The number of nitrogens with zero attached hydrogens (tertiary/aromatic N) is 2. The van der Waals surface area contributed by atoms with Gasteiger partial charge in [0.1, 0.15) is 11.6 Å². The molecule has 3 aromatic rings. The van der Waals surface area contributed by atoms with Gasteiger partial charge >= 0.3 is 0 Å². The SMILES string of the molecule is C[C@H](Oc1ccc(F)cc1)c1nnc(SCC(=O)NCc2ccccc2)o1. The van der Waals surface area contributed by atoms with Crippen LogP contribution in [-0.4, -0.2) is 21.9 Å². The van der Waals surface area contributed by atoms with Crippen LogP contribution < -0.4 is 10.1 Å². The number of carbonyl (C=O) groups excluding carboxylic acids is 1. The molecule has 27 heavy (non-hydrogen) atoms. The number of carbonyl (C=O) groups is 1. The van der Waals surface area contributed by atoms with Gasteiger partial charge in [0.05, 0.1) is 5.75 Å². The van der Waals surface area contributed by atoms with Crippen molar-refractivity contribution in [3.05, 3.63) is 71.9 Å². The lowest BCUT2D eigenvalue weighted by Crippen LogP contribution is -2.24.